The molecule has 3 aromatic rings. The largest absolute Gasteiger partial charge is 0.494 e. The van der Waals surface area contributed by atoms with E-state index < -0.39 is 5.41 Å². The van der Waals surface area contributed by atoms with Gasteiger partial charge in [0.15, 0.2) is 0 Å². The fourth-order valence-corrected chi connectivity index (χ4v) is 4.05. The fourth-order valence-electron chi connectivity index (χ4n) is 3.82. The van der Waals surface area contributed by atoms with Crippen LogP contribution in [0.15, 0.2) is 36.4 Å². The monoisotopic (exact) mass is 500 g/mol. The molecule has 0 atom stereocenters. The molecule has 0 bridgehead atoms. The Balaban J connectivity index is 1.70. The van der Waals surface area contributed by atoms with Crippen molar-refractivity contribution >= 4 is 28.6 Å². The molecule has 190 valence electrons. The molecule has 6 nitrogen and oxygen atoms in total. The van der Waals surface area contributed by atoms with Gasteiger partial charge in [0, 0.05) is 11.1 Å². The molecule has 7 heteroatoms. The van der Waals surface area contributed by atoms with Crippen LogP contribution in [0.5, 0.6) is 11.5 Å². The predicted molar refractivity (Wildman–Crippen MR) is 141 cm³/mol. The summed E-state index contributed by atoms with van der Waals surface area (Å²) in [5, 5.41) is 0.674. The van der Waals surface area contributed by atoms with Gasteiger partial charge in [-0.1, -0.05) is 37.4 Å². The summed E-state index contributed by atoms with van der Waals surface area (Å²) in [5.74, 6) is 2.22. The van der Waals surface area contributed by atoms with Crippen molar-refractivity contribution in [1.29, 1.82) is 0 Å². The third-order valence-corrected chi connectivity index (χ3v) is 6.46. The summed E-state index contributed by atoms with van der Waals surface area (Å²) in [5.41, 5.74) is 2.27. The standard InChI is InChI=1S/C28H37ClN2O4/c1-6-8-9-15-34-22-11-10-21(24(29)17-22)19-31-20(3)30-25-13-12-23(18-26(25)31)35-16-14-28(4,5)27(32)33-7-2/h10-13,17-18H,6-9,14-16,19H2,1-5H3. The van der Waals surface area contributed by atoms with Crippen LogP contribution in [-0.2, 0) is 16.1 Å². The molecule has 3 rings (SSSR count). The van der Waals surface area contributed by atoms with E-state index in [-0.39, 0.29) is 5.97 Å². The van der Waals surface area contributed by atoms with Gasteiger partial charge in [0.25, 0.3) is 0 Å². The molecule has 0 spiro atoms. The molecule has 1 heterocycles. The first kappa shape index (κ1) is 26.9. The zero-order chi connectivity index (χ0) is 25.4. The first-order valence-electron chi connectivity index (χ1n) is 12.4. The number of benzene rings is 2. The van der Waals surface area contributed by atoms with Crippen molar-refractivity contribution in [3.63, 3.8) is 0 Å². The molecule has 1 aromatic heterocycles. The molecule has 0 aliphatic carbocycles. The van der Waals surface area contributed by atoms with Crippen molar-refractivity contribution in [2.75, 3.05) is 19.8 Å². The lowest BCUT2D eigenvalue weighted by Gasteiger charge is -2.22. The Labute approximate surface area is 213 Å². The van der Waals surface area contributed by atoms with Crippen LogP contribution in [0.2, 0.25) is 5.02 Å². The highest BCUT2D eigenvalue weighted by Crippen LogP contribution is 2.28. The maximum Gasteiger partial charge on any atom is 0.311 e. The second kappa shape index (κ2) is 12.3. The average Bonchev–Trinajstić information content (AvgIpc) is 3.12. The van der Waals surface area contributed by atoms with E-state index in [9.17, 15) is 4.79 Å². The molecule has 0 amide bonds. The van der Waals surface area contributed by atoms with Crippen LogP contribution in [0.1, 0.15) is 64.8 Å². The van der Waals surface area contributed by atoms with Gasteiger partial charge in [0.2, 0.25) is 0 Å². The Morgan fingerprint density at radius 1 is 1.03 bits per heavy atom. The number of esters is 1. The van der Waals surface area contributed by atoms with Crippen LogP contribution in [0.4, 0.5) is 0 Å². The maximum absolute atomic E-state index is 12.1. The molecule has 0 aliphatic rings. The van der Waals surface area contributed by atoms with E-state index in [1.54, 1.807) is 0 Å². The Morgan fingerprint density at radius 2 is 1.74 bits per heavy atom. The molecule has 35 heavy (non-hydrogen) atoms. The van der Waals surface area contributed by atoms with Crippen LogP contribution < -0.4 is 9.47 Å². The highest BCUT2D eigenvalue weighted by atomic mass is 35.5. The minimum Gasteiger partial charge on any atom is -0.494 e. The van der Waals surface area contributed by atoms with E-state index in [1.165, 1.54) is 6.42 Å². The van der Waals surface area contributed by atoms with Gasteiger partial charge < -0.3 is 18.8 Å². The van der Waals surface area contributed by atoms with Crippen LogP contribution in [0.25, 0.3) is 11.0 Å². The van der Waals surface area contributed by atoms with Crippen molar-refractivity contribution in [2.24, 2.45) is 5.41 Å². The first-order valence-corrected chi connectivity index (χ1v) is 12.8. The van der Waals surface area contributed by atoms with Crippen molar-refractivity contribution in [2.45, 2.75) is 66.8 Å². The minimum atomic E-state index is -0.596. The molecule has 0 saturated heterocycles. The lowest BCUT2D eigenvalue weighted by Crippen LogP contribution is -2.28. The molecular weight excluding hydrogens is 464 g/mol. The van der Waals surface area contributed by atoms with Gasteiger partial charge >= 0.3 is 5.97 Å². The number of aromatic nitrogens is 2. The van der Waals surface area contributed by atoms with Gasteiger partial charge in [-0.2, -0.15) is 0 Å². The van der Waals surface area contributed by atoms with Crippen LogP contribution >= 0.6 is 11.6 Å². The SMILES string of the molecule is CCCCCOc1ccc(Cn2c(C)nc3ccc(OCCC(C)(C)C(=O)OCC)cc32)c(Cl)c1. The molecule has 0 aliphatic heterocycles. The molecule has 0 unspecified atom stereocenters. The molecule has 0 fully saturated rings. The van der Waals surface area contributed by atoms with E-state index in [0.717, 1.165) is 46.8 Å². The lowest BCUT2D eigenvalue weighted by atomic mass is 9.90. The number of fused-ring (bicyclic) bond motifs is 1. The highest BCUT2D eigenvalue weighted by Gasteiger charge is 2.29. The molecule has 2 aromatic carbocycles. The second-order valence-electron chi connectivity index (χ2n) is 9.41. The van der Waals surface area contributed by atoms with E-state index in [0.29, 0.717) is 37.8 Å². The normalized spacial score (nSPS) is 11.6. The lowest BCUT2D eigenvalue weighted by molar-refractivity contribution is -0.154. The van der Waals surface area contributed by atoms with E-state index in [4.69, 9.17) is 30.8 Å². The van der Waals surface area contributed by atoms with E-state index >= 15 is 0 Å². The van der Waals surface area contributed by atoms with E-state index in [2.05, 4.69) is 11.5 Å². The Hall–Kier alpha value is -2.73. The Morgan fingerprint density at radius 3 is 2.46 bits per heavy atom. The quantitative estimate of drug-likeness (QED) is 0.187. The number of rotatable bonds is 13. The Kier molecular flexibility index (Phi) is 9.44. The average molecular weight is 501 g/mol. The second-order valence-corrected chi connectivity index (χ2v) is 9.81. The molecular formula is C28H37ClN2O4. The number of aryl methyl sites for hydroxylation is 1. The number of hydrogen-bond acceptors (Lipinski definition) is 5. The van der Waals surface area contributed by atoms with Gasteiger partial charge in [-0.3, -0.25) is 4.79 Å². The minimum absolute atomic E-state index is 0.206. The number of hydrogen-bond donors (Lipinski definition) is 0. The number of halogens is 1. The van der Waals surface area contributed by atoms with Gasteiger partial charge in [-0.05, 0) is 70.4 Å². The summed E-state index contributed by atoms with van der Waals surface area (Å²) in [6.07, 6.45) is 3.93. The van der Waals surface area contributed by atoms with Crippen LogP contribution in [-0.4, -0.2) is 35.3 Å². The molecule has 0 saturated carbocycles. The summed E-state index contributed by atoms with van der Waals surface area (Å²) in [7, 11) is 0. The van der Waals surface area contributed by atoms with E-state index in [1.807, 2.05) is 64.1 Å². The fraction of sp³-hybridized carbons (Fsp3) is 0.500. The summed E-state index contributed by atoms with van der Waals surface area (Å²) >= 11 is 6.60. The molecule has 0 radical (unpaired) electrons. The highest BCUT2D eigenvalue weighted by molar-refractivity contribution is 6.31. The first-order chi connectivity index (χ1) is 16.7. The van der Waals surface area contributed by atoms with Gasteiger partial charge in [0.1, 0.15) is 17.3 Å². The summed E-state index contributed by atoms with van der Waals surface area (Å²) in [6.45, 7) is 11.8. The smallest absolute Gasteiger partial charge is 0.311 e. The van der Waals surface area contributed by atoms with Crippen molar-refractivity contribution in [1.82, 2.24) is 9.55 Å². The Bertz CT molecular complexity index is 1140. The number of carbonyl (C=O) groups is 1. The van der Waals surface area contributed by atoms with Crippen molar-refractivity contribution in [3.8, 4) is 11.5 Å². The zero-order valence-corrected chi connectivity index (χ0v) is 22.3. The number of imidazole rings is 1. The summed E-state index contributed by atoms with van der Waals surface area (Å²) in [6, 6.07) is 11.7. The number of unbranched alkanes of at least 4 members (excludes halogenated alkanes) is 2. The van der Waals surface area contributed by atoms with Crippen LogP contribution in [0.3, 0.4) is 0 Å². The van der Waals surface area contributed by atoms with Crippen molar-refractivity contribution in [3.05, 3.63) is 52.8 Å². The number of ether oxygens (including phenoxy) is 3. The predicted octanol–water partition coefficient (Wildman–Crippen LogP) is 6.97. The van der Waals surface area contributed by atoms with Crippen LogP contribution in [0, 0.1) is 12.3 Å². The number of nitrogens with zero attached hydrogens (tertiary/aromatic N) is 2. The van der Waals surface area contributed by atoms with Gasteiger partial charge in [0.05, 0.1) is 42.8 Å². The van der Waals surface area contributed by atoms with Gasteiger partial charge in [-0.15, -0.1) is 0 Å². The van der Waals surface area contributed by atoms with Crippen molar-refractivity contribution < 1.29 is 19.0 Å². The van der Waals surface area contributed by atoms with Gasteiger partial charge in [-0.25, -0.2) is 4.98 Å². The topological polar surface area (TPSA) is 62.6 Å². The summed E-state index contributed by atoms with van der Waals surface area (Å²) in [4.78, 5) is 16.8. The number of carbonyl (C=O) groups excluding carboxylic acids is 1. The summed E-state index contributed by atoms with van der Waals surface area (Å²) < 4.78 is 19.1. The molecule has 0 N–H and O–H groups in total. The third kappa shape index (κ3) is 7.14. The third-order valence-electron chi connectivity index (χ3n) is 6.10. The maximum atomic E-state index is 12.1. The zero-order valence-electron chi connectivity index (χ0n) is 21.5.